The second-order valence-corrected chi connectivity index (χ2v) is 8.91. The Hall–Kier alpha value is -1.40. The predicted octanol–water partition coefficient (Wildman–Crippen LogP) is 3.95. The summed E-state index contributed by atoms with van der Waals surface area (Å²) in [7, 11) is 0. The van der Waals surface area contributed by atoms with E-state index in [1.54, 1.807) is 11.3 Å². The highest BCUT2D eigenvalue weighted by Gasteiger charge is 2.58. The van der Waals surface area contributed by atoms with Gasteiger partial charge >= 0.3 is 0 Å². The van der Waals surface area contributed by atoms with Gasteiger partial charge in [-0.15, -0.1) is 12.4 Å². The van der Waals surface area contributed by atoms with Gasteiger partial charge in [-0.25, -0.2) is 0 Å². The molecule has 2 aromatic rings. The second-order valence-electron chi connectivity index (χ2n) is 8.13. The minimum atomic E-state index is -0.451. The summed E-state index contributed by atoms with van der Waals surface area (Å²) in [4.78, 5) is 15.8. The zero-order chi connectivity index (χ0) is 18.3. The van der Waals surface area contributed by atoms with Crippen molar-refractivity contribution in [1.29, 1.82) is 0 Å². The van der Waals surface area contributed by atoms with E-state index in [1.807, 2.05) is 6.07 Å². The first kappa shape index (κ1) is 19.9. The number of amides is 1. The number of thiophene rings is 1. The van der Waals surface area contributed by atoms with Gasteiger partial charge in [-0.2, -0.15) is 11.3 Å². The minimum Gasteiger partial charge on any atom is -0.363 e. The maximum Gasteiger partial charge on any atom is 0.256 e. The van der Waals surface area contributed by atoms with E-state index in [-0.39, 0.29) is 18.3 Å². The van der Waals surface area contributed by atoms with Crippen molar-refractivity contribution in [3.8, 4) is 0 Å². The average Bonchev–Trinajstić information content (AvgIpc) is 3.14. The standard InChI is InChI=1S/C22H26N2O2S.ClH/c25-21(20-18-4-2-1-3-17(18)5-11-26-20)24(14-16-6-12-27-15-16)19-13-22(19)7-9-23-10-8-22;/h1-4,6,12,15,19-20,23H,5,7-11,13-14H2;1H. The van der Waals surface area contributed by atoms with Crippen molar-refractivity contribution in [2.45, 2.75) is 44.4 Å². The zero-order valence-corrected chi connectivity index (χ0v) is 17.6. The van der Waals surface area contributed by atoms with Crippen LogP contribution in [0.15, 0.2) is 41.1 Å². The van der Waals surface area contributed by atoms with Crippen LogP contribution in [-0.2, 0) is 22.5 Å². The summed E-state index contributed by atoms with van der Waals surface area (Å²) >= 11 is 1.70. The molecule has 150 valence electrons. The maximum atomic E-state index is 13.7. The number of carbonyl (C=O) groups is 1. The van der Waals surface area contributed by atoms with Crippen molar-refractivity contribution >= 4 is 29.7 Å². The van der Waals surface area contributed by atoms with Crippen LogP contribution >= 0.6 is 23.7 Å². The molecule has 2 atom stereocenters. The topological polar surface area (TPSA) is 41.6 Å². The fourth-order valence-electron chi connectivity index (χ4n) is 4.90. The third kappa shape index (κ3) is 3.61. The van der Waals surface area contributed by atoms with Crippen LogP contribution in [-0.4, -0.2) is 36.5 Å². The Balaban J connectivity index is 0.00000192. The molecule has 1 amide bonds. The molecule has 1 spiro atoms. The van der Waals surface area contributed by atoms with Gasteiger partial charge in [0.1, 0.15) is 0 Å². The number of ether oxygens (including phenoxy) is 1. The van der Waals surface area contributed by atoms with Gasteiger partial charge < -0.3 is 15.0 Å². The number of piperidine rings is 1. The largest absolute Gasteiger partial charge is 0.363 e. The number of carbonyl (C=O) groups excluding carboxylic acids is 1. The highest BCUT2D eigenvalue weighted by molar-refractivity contribution is 7.07. The number of hydrogen-bond donors (Lipinski definition) is 1. The third-order valence-electron chi connectivity index (χ3n) is 6.56. The monoisotopic (exact) mass is 418 g/mol. The fourth-order valence-corrected chi connectivity index (χ4v) is 5.56. The number of hydrogen-bond acceptors (Lipinski definition) is 4. The Labute approximate surface area is 176 Å². The van der Waals surface area contributed by atoms with E-state index in [1.165, 1.54) is 24.0 Å². The molecule has 1 N–H and O–H groups in total. The van der Waals surface area contributed by atoms with E-state index in [9.17, 15) is 4.79 Å². The molecular formula is C22H27ClN2O2S. The zero-order valence-electron chi connectivity index (χ0n) is 15.9. The minimum absolute atomic E-state index is 0. The van der Waals surface area contributed by atoms with Gasteiger partial charge in [0, 0.05) is 12.6 Å². The molecule has 1 aromatic carbocycles. The van der Waals surface area contributed by atoms with Crippen LogP contribution in [0.4, 0.5) is 0 Å². The van der Waals surface area contributed by atoms with Gasteiger partial charge in [0.25, 0.3) is 5.91 Å². The lowest BCUT2D eigenvalue weighted by Gasteiger charge is -2.34. The molecule has 5 rings (SSSR count). The van der Waals surface area contributed by atoms with Gasteiger partial charge in [-0.3, -0.25) is 4.79 Å². The molecule has 0 bridgehead atoms. The highest BCUT2D eigenvalue weighted by Crippen LogP contribution is 2.56. The molecule has 1 aliphatic carbocycles. The van der Waals surface area contributed by atoms with E-state index in [0.717, 1.165) is 31.5 Å². The molecule has 2 unspecified atom stereocenters. The lowest BCUT2D eigenvalue weighted by atomic mass is 9.92. The SMILES string of the molecule is Cl.O=C(C1OCCc2ccccc21)N(Cc1ccsc1)C1CC12CCNCC2. The lowest BCUT2D eigenvalue weighted by molar-refractivity contribution is -0.147. The molecule has 0 radical (unpaired) electrons. The Morgan fingerprint density at radius 3 is 2.86 bits per heavy atom. The summed E-state index contributed by atoms with van der Waals surface area (Å²) in [6.45, 7) is 3.46. The van der Waals surface area contributed by atoms with Crippen LogP contribution in [0.3, 0.4) is 0 Å². The Morgan fingerprint density at radius 1 is 1.25 bits per heavy atom. The van der Waals surface area contributed by atoms with Crippen LogP contribution in [0.2, 0.25) is 0 Å². The third-order valence-corrected chi connectivity index (χ3v) is 7.29. The van der Waals surface area contributed by atoms with Crippen molar-refractivity contribution in [1.82, 2.24) is 10.2 Å². The molecule has 1 aromatic heterocycles. The molecular weight excluding hydrogens is 392 g/mol. The first-order valence-corrected chi connectivity index (χ1v) is 10.9. The Bertz CT molecular complexity index is 820. The van der Waals surface area contributed by atoms with Gasteiger partial charge in [-0.1, -0.05) is 24.3 Å². The van der Waals surface area contributed by atoms with E-state index < -0.39 is 6.10 Å². The number of nitrogens with one attached hydrogen (secondary N) is 1. The van der Waals surface area contributed by atoms with Gasteiger partial charge in [0.05, 0.1) is 6.61 Å². The van der Waals surface area contributed by atoms with Crippen molar-refractivity contribution in [2.75, 3.05) is 19.7 Å². The highest BCUT2D eigenvalue weighted by atomic mass is 35.5. The molecule has 1 saturated heterocycles. The van der Waals surface area contributed by atoms with E-state index >= 15 is 0 Å². The van der Waals surface area contributed by atoms with E-state index in [4.69, 9.17) is 4.74 Å². The molecule has 1 saturated carbocycles. The number of halogens is 1. The quantitative estimate of drug-likeness (QED) is 0.817. The molecule has 28 heavy (non-hydrogen) atoms. The summed E-state index contributed by atoms with van der Waals surface area (Å²) in [6.07, 6.45) is 3.93. The van der Waals surface area contributed by atoms with Gasteiger partial charge in [-0.05, 0) is 77.7 Å². The molecule has 6 heteroatoms. The summed E-state index contributed by atoms with van der Waals surface area (Å²) in [5.41, 5.74) is 3.87. The Morgan fingerprint density at radius 2 is 2.07 bits per heavy atom. The molecule has 4 nitrogen and oxygen atoms in total. The summed E-state index contributed by atoms with van der Waals surface area (Å²) in [5.74, 6) is 0.147. The second kappa shape index (κ2) is 8.15. The molecule has 2 aliphatic heterocycles. The van der Waals surface area contributed by atoms with Gasteiger partial charge in [0.15, 0.2) is 6.10 Å². The fraction of sp³-hybridized carbons (Fsp3) is 0.500. The summed E-state index contributed by atoms with van der Waals surface area (Å²) in [6, 6.07) is 10.8. The average molecular weight is 419 g/mol. The smallest absolute Gasteiger partial charge is 0.256 e. The normalized spacial score (nSPS) is 24.9. The van der Waals surface area contributed by atoms with Crippen molar-refractivity contribution in [3.63, 3.8) is 0 Å². The number of nitrogens with zero attached hydrogens (tertiary/aromatic N) is 1. The van der Waals surface area contributed by atoms with Gasteiger partial charge in [0.2, 0.25) is 0 Å². The van der Waals surface area contributed by atoms with Crippen molar-refractivity contribution < 1.29 is 9.53 Å². The van der Waals surface area contributed by atoms with Crippen LogP contribution in [0.1, 0.15) is 42.1 Å². The maximum absolute atomic E-state index is 13.7. The van der Waals surface area contributed by atoms with E-state index in [2.05, 4.69) is 45.2 Å². The number of benzene rings is 1. The number of fused-ring (bicyclic) bond motifs is 1. The first-order chi connectivity index (χ1) is 13.3. The van der Waals surface area contributed by atoms with Crippen LogP contribution < -0.4 is 5.32 Å². The van der Waals surface area contributed by atoms with Crippen molar-refractivity contribution in [2.24, 2.45) is 5.41 Å². The van der Waals surface area contributed by atoms with Crippen LogP contribution in [0.5, 0.6) is 0 Å². The molecule has 2 fully saturated rings. The first-order valence-electron chi connectivity index (χ1n) is 9.99. The lowest BCUT2D eigenvalue weighted by Crippen LogP contribution is -2.42. The van der Waals surface area contributed by atoms with E-state index in [0.29, 0.717) is 24.6 Å². The van der Waals surface area contributed by atoms with Crippen LogP contribution in [0, 0.1) is 5.41 Å². The van der Waals surface area contributed by atoms with Crippen molar-refractivity contribution in [3.05, 3.63) is 57.8 Å². The van der Waals surface area contributed by atoms with Crippen LogP contribution in [0.25, 0.3) is 0 Å². The number of rotatable bonds is 4. The summed E-state index contributed by atoms with van der Waals surface area (Å²) in [5, 5.41) is 7.72. The predicted molar refractivity (Wildman–Crippen MR) is 114 cm³/mol. The Kier molecular flexibility index (Phi) is 5.79. The molecule has 3 aliphatic rings. The summed E-state index contributed by atoms with van der Waals surface area (Å²) < 4.78 is 6.02. The molecule has 3 heterocycles.